The Morgan fingerprint density at radius 1 is 1.37 bits per heavy atom. The van der Waals surface area contributed by atoms with Gasteiger partial charge in [-0.3, -0.25) is 9.79 Å². The maximum absolute atomic E-state index is 12.6. The van der Waals surface area contributed by atoms with Crippen molar-refractivity contribution in [2.24, 2.45) is 10.7 Å². The molecule has 0 bridgehead atoms. The van der Waals surface area contributed by atoms with E-state index in [2.05, 4.69) is 15.3 Å². The van der Waals surface area contributed by atoms with E-state index in [1.807, 2.05) is 32.9 Å². The third-order valence-electron chi connectivity index (χ3n) is 5.09. The second-order valence-electron chi connectivity index (χ2n) is 6.95. The number of carbonyl (C=O) groups excluding carboxylic acids is 1. The molecule has 1 atom stereocenters. The van der Waals surface area contributed by atoms with E-state index in [1.54, 1.807) is 6.07 Å². The zero-order valence-corrected chi connectivity index (χ0v) is 19.5. The number of rotatable bonds is 4. The molecule has 10 heteroatoms. The van der Waals surface area contributed by atoms with E-state index in [1.165, 1.54) is 6.07 Å². The summed E-state index contributed by atoms with van der Waals surface area (Å²) in [5.41, 5.74) is 6.84. The van der Waals surface area contributed by atoms with E-state index < -0.39 is 20.6 Å². The number of aromatic nitrogens is 1. The number of halogens is 1. The fourth-order valence-electron chi connectivity index (χ4n) is 3.31. The predicted molar refractivity (Wildman–Crippen MR) is 122 cm³/mol. The Labute approximate surface area is 185 Å². The normalized spacial score (nSPS) is 20.7. The van der Waals surface area contributed by atoms with Crippen LogP contribution in [0.3, 0.4) is 0 Å². The van der Waals surface area contributed by atoms with Crippen LogP contribution < -0.4 is 11.1 Å². The Kier molecular flexibility index (Phi) is 6.54. The molecule has 1 aliphatic heterocycles. The van der Waals surface area contributed by atoms with Crippen molar-refractivity contribution in [3.05, 3.63) is 44.7 Å². The molecule has 1 spiro atoms. The van der Waals surface area contributed by atoms with Crippen LogP contribution in [0.15, 0.2) is 29.3 Å². The van der Waals surface area contributed by atoms with Gasteiger partial charge in [-0.25, -0.2) is 13.4 Å². The van der Waals surface area contributed by atoms with Crippen molar-refractivity contribution in [1.82, 2.24) is 4.98 Å². The third-order valence-corrected chi connectivity index (χ3v) is 9.31. The lowest BCUT2D eigenvalue weighted by Crippen LogP contribution is -2.44. The first-order chi connectivity index (χ1) is 14.3. The van der Waals surface area contributed by atoms with E-state index in [9.17, 15) is 13.2 Å². The number of nitrogens with two attached hydrogens (primary N) is 1. The standard InChI is InChI=1S/C18H19ClN4O3S2.C2H6/c1-2-10-4-3-5-14(21-10)23-16(24)13-8-11(19)15(27-13)12-9-28(25,26)18(6-7-18)17(20)22-12;1-2/h3-5,8,12H,2,6-7,9H2,1H3,(H2,20,22)(H,21,23,24);1-2H3/t12-;/m0./s1. The van der Waals surface area contributed by atoms with Crippen LogP contribution in [0.25, 0.3) is 0 Å². The number of aliphatic imine (C=N–C) groups is 1. The molecule has 0 saturated heterocycles. The van der Waals surface area contributed by atoms with Crippen LogP contribution in [-0.2, 0) is 16.3 Å². The Morgan fingerprint density at radius 2 is 2.07 bits per heavy atom. The molecule has 0 aromatic carbocycles. The van der Waals surface area contributed by atoms with Gasteiger partial charge in [-0.2, -0.15) is 0 Å². The van der Waals surface area contributed by atoms with Crippen molar-refractivity contribution in [3.8, 4) is 0 Å². The number of carbonyl (C=O) groups is 1. The van der Waals surface area contributed by atoms with Gasteiger partial charge in [-0.15, -0.1) is 11.3 Å². The largest absolute Gasteiger partial charge is 0.386 e. The van der Waals surface area contributed by atoms with Gasteiger partial charge in [0.2, 0.25) is 0 Å². The Bertz CT molecular complexity index is 1090. The summed E-state index contributed by atoms with van der Waals surface area (Å²) in [6, 6.07) is 6.26. The molecule has 30 heavy (non-hydrogen) atoms. The first-order valence-electron chi connectivity index (χ1n) is 9.88. The lowest BCUT2D eigenvalue weighted by atomic mass is 10.2. The van der Waals surface area contributed by atoms with Crippen molar-refractivity contribution in [2.75, 3.05) is 11.1 Å². The van der Waals surface area contributed by atoms with Crippen LogP contribution in [0.2, 0.25) is 5.02 Å². The second-order valence-corrected chi connectivity index (χ2v) is 10.8. The maximum atomic E-state index is 12.6. The highest BCUT2D eigenvalue weighted by Crippen LogP contribution is 2.49. The summed E-state index contributed by atoms with van der Waals surface area (Å²) < 4.78 is 24.3. The topological polar surface area (TPSA) is 115 Å². The number of pyridine rings is 1. The number of amidine groups is 1. The SMILES string of the molecule is CC.CCc1cccc(NC(=O)c2cc(Cl)c([C@@H]3CS(=O)(=O)C4(CC4)C(N)=N3)s2)n1. The quantitative estimate of drug-likeness (QED) is 0.703. The van der Waals surface area contributed by atoms with Gasteiger partial charge >= 0.3 is 0 Å². The summed E-state index contributed by atoms with van der Waals surface area (Å²) in [5.74, 6) is 0.108. The van der Waals surface area contributed by atoms with Crippen LogP contribution in [0.1, 0.15) is 59.9 Å². The maximum Gasteiger partial charge on any atom is 0.266 e. The summed E-state index contributed by atoms with van der Waals surface area (Å²) in [5, 5.41) is 3.06. The molecular formula is C20H25ClN4O3S2. The number of thiophene rings is 1. The van der Waals surface area contributed by atoms with Gasteiger partial charge in [-0.1, -0.05) is 38.4 Å². The number of aryl methyl sites for hydroxylation is 1. The summed E-state index contributed by atoms with van der Waals surface area (Å²) in [4.78, 5) is 22.2. The zero-order chi connectivity index (χ0) is 22.1. The molecule has 1 fully saturated rings. The molecule has 2 aromatic heterocycles. The summed E-state index contributed by atoms with van der Waals surface area (Å²) in [6.07, 6.45) is 1.80. The van der Waals surface area contributed by atoms with Crippen molar-refractivity contribution in [3.63, 3.8) is 0 Å². The van der Waals surface area contributed by atoms with Gasteiger partial charge < -0.3 is 11.1 Å². The van der Waals surface area contributed by atoms with Gasteiger partial charge in [0.25, 0.3) is 5.91 Å². The highest BCUT2D eigenvalue weighted by molar-refractivity contribution is 7.94. The number of hydrogen-bond donors (Lipinski definition) is 2. The minimum atomic E-state index is -3.40. The van der Waals surface area contributed by atoms with E-state index >= 15 is 0 Å². The average Bonchev–Trinajstić information content (AvgIpc) is 3.45. The number of hydrogen-bond acceptors (Lipinski definition) is 7. The van der Waals surface area contributed by atoms with Crippen LogP contribution >= 0.6 is 22.9 Å². The molecule has 1 amide bonds. The number of nitrogens with zero attached hydrogens (tertiary/aromatic N) is 2. The van der Waals surface area contributed by atoms with E-state index in [-0.39, 0.29) is 17.5 Å². The summed E-state index contributed by atoms with van der Waals surface area (Å²) in [6.45, 7) is 5.98. The van der Waals surface area contributed by atoms with Crippen molar-refractivity contribution < 1.29 is 13.2 Å². The van der Waals surface area contributed by atoms with Crippen LogP contribution in [-0.4, -0.2) is 35.6 Å². The summed E-state index contributed by atoms with van der Waals surface area (Å²) >= 11 is 7.44. The van der Waals surface area contributed by atoms with Crippen LogP contribution in [0.5, 0.6) is 0 Å². The predicted octanol–water partition coefficient (Wildman–Crippen LogP) is 4.00. The van der Waals surface area contributed by atoms with Crippen molar-refractivity contribution in [2.45, 2.75) is 50.8 Å². The Hall–Kier alpha value is -1.97. The first kappa shape index (κ1) is 22.7. The molecule has 2 aliphatic rings. The molecule has 3 heterocycles. The minimum Gasteiger partial charge on any atom is -0.386 e. The van der Waals surface area contributed by atoms with E-state index in [0.29, 0.717) is 33.4 Å². The van der Waals surface area contributed by atoms with Gasteiger partial charge in [0.1, 0.15) is 22.4 Å². The number of sulfone groups is 1. The monoisotopic (exact) mass is 468 g/mol. The smallest absolute Gasteiger partial charge is 0.266 e. The molecule has 1 aliphatic carbocycles. The molecule has 7 nitrogen and oxygen atoms in total. The lowest BCUT2D eigenvalue weighted by molar-refractivity contribution is 0.103. The fraction of sp³-hybridized carbons (Fsp3) is 0.450. The Balaban J connectivity index is 0.00000124. The van der Waals surface area contributed by atoms with Gasteiger partial charge in [-0.05, 0) is 37.5 Å². The van der Waals surface area contributed by atoms with Crippen LogP contribution in [0, 0.1) is 0 Å². The van der Waals surface area contributed by atoms with E-state index in [0.717, 1.165) is 23.5 Å². The molecule has 0 unspecified atom stereocenters. The number of amides is 1. The molecule has 2 aromatic rings. The highest BCUT2D eigenvalue weighted by atomic mass is 35.5. The Morgan fingerprint density at radius 3 is 2.67 bits per heavy atom. The molecular weight excluding hydrogens is 444 g/mol. The lowest BCUT2D eigenvalue weighted by Gasteiger charge is -2.25. The third kappa shape index (κ3) is 4.10. The molecule has 162 valence electrons. The zero-order valence-electron chi connectivity index (χ0n) is 17.1. The van der Waals surface area contributed by atoms with Gasteiger partial charge in [0.05, 0.1) is 15.7 Å². The first-order valence-corrected chi connectivity index (χ1v) is 12.7. The van der Waals surface area contributed by atoms with E-state index in [4.69, 9.17) is 17.3 Å². The van der Waals surface area contributed by atoms with Crippen molar-refractivity contribution in [1.29, 1.82) is 0 Å². The second kappa shape index (κ2) is 8.64. The molecule has 3 N–H and O–H groups in total. The number of nitrogens with one attached hydrogen (secondary N) is 1. The summed E-state index contributed by atoms with van der Waals surface area (Å²) in [7, 11) is -3.40. The van der Waals surface area contributed by atoms with Gasteiger partial charge in [0, 0.05) is 10.6 Å². The van der Waals surface area contributed by atoms with Gasteiger partial charge in [0.15, 0.2) is 9.84 Å². The van der Waals surface area contributed by atoms with Crippen molar-refractivity contribution >= 4 is 50.3 Å². The molecule has 0 radical (unpaired) electrons. The number of anilines is 1. The highest BCUT2D eigenvalue weighted by Gasteiger charge is 2.60. The minimum absolute atomic E-state index is 0.144. The van der Waals surface area contributed by atoms with Crippen LogP contribution in [0.4, 0.5) is 5.82 Å². The average molecular weight is 469 g/mol. The fourth-order valence-corrected chi connectivity index (χ4v) is 6.89. The molecule has 1 saturated carbocycles. The molecule has 4 rings (SSSR count).